The van der Waals surface area contributed by atoms with Crippen LogP contribution in [-0.2, 0) is 14.3 Å². The van der Waals surface area contributed by atoms with Gasteiger partial charge in [-0.25, -0.2) is 4.98 Å². The van der Waals surface area contributed by atoms with Crippen LogP contribution < -0.4 is 5.32 Å². The van der Waals surface area contributed by atoms with Gasteiger partial charge in [-0.15, -0.1) is 0 Å². The fourth-order valence-electron chi connectivity index (χ4n) is 2.22. The quantitative estimate of drug-likeness (QED) is 0.562. The molecule has 1 amide bonds. The van der Waals surface area contributed by atoms with Gasteiger partial charge in [0, 0.05) is 18.0 Å². The molecule has 0 aliphatic carbocycles. The van der Waals surface area contributed by atoms with Crippen LogP contribution in [0, 0.1) is 0 Å². The van der Waals surface area contributed by atoms with Gasteiger partial charge < -0.3 is 10.1 Å². The summed E-state index contributed by atoms with van der Waals surface area (Å²) in [5.41, 5.74) is 2.58. The number of benzene rings is 1. The lowest BCUT2D eigenvalue weighted by molar-refractivity contribution is -0.142. The summed E-state index contributed by atoms with van der Waals surface area (Å²) < 4.78 is 4.50. The molecule has 3 aromatic rings. The van der Waals surface area contributed by atoms with Crippen LogP contribution in [-0.4, -0.2) is 29.0 Å². The molecular formula is C18H15N3O3S. The van der Waals surface area contributed by atoms with Gasteiger partial charge in [-0.1, -0.05) is 41.7 Å². The third-order valence-corrected chi connectivity index (χ3v) is 4.40. The zero-order valence-corrected chi connectivity index (χ0v) is 14.2. The number of pyridine rings is 1. The van der Waals surface area contributed by atoms with E-state index in [4.69, 9.17) is 0 Å². The fraction of sp³-hybridized carbons (Fsp3) is 0.111. The highest BCUT2D eigenvalue weighted by molar-refractivity contribution is 7.19. The van der Waals surface area contributed by atoms with Gasteiger partial charge in [-0.2, -0.15) is 0 Å². The Bertz CT molecular complexity index is 822. The van der Waals surface area contributed by atoms with Gasteiger partial charge >= 0.3 is 5.97 Å². The Morgan fingerprint density at radius 1 is 1.12 bits per heavy atom. The number of hydrogen-bond donors (Lipinski definition) is 1. The Labute approximate surface area is 148 Å². The lowest BCUT2D eigenvalue weighted by Gasteiger charge is -2.01. The minimum atomic E-state index is -0.593. The van der Waals surface area contributed by atoms with Crippen LogP contribution in [0.25, 0.3) is 21.7 Å². The molecule has 25 heavy (non-hydrogen) atoms. The van der Waals surface area contributed by atoms with Gasteiger partial charge in [-0.05, 0) is 17.7 Å². The predicted octanol–water partition coefficient (Wildman–Crippen LogP) is 3.37. The van der Waals surface area contributed by atoms with Crippen LogP contribution >= 0.6 is 11.3 Å². The van der Waals surface area contributed by atoms with Crippen molar-refractivity contribution in [3.63, 3.8) is 0 Å². The monoisotopic (exact) mass is 353 g/mol. The summed E-state index contributed by atoms with van der Waals surface area (Å²) >= 11 is 1.35. The number of aromatic nitrogens is 2. The highest BCUT2D eigenvalue weighted by Gasteiger charge is 2.17. The normalized spacial score (nSPS) is 10.3. The minimum absolute atomic E-state index is 0.348. The molecule has 3 rings (SSSR count). The lowest BCUT2D eigenvalue weighted by atomic mass is 10.1. The first-order valence-electron chi connectivity index (χ1n) is 7.50. The molecule has 0 atom stereocenters. The molecule has 6 nitrogen and oxygen atoms in total. The van der Waals surface area contributed by atoms with E-state index in [1.54, 1.807) is 12.4 Å². The number of ether oxygens (including phenoxy) is 1. The number of hydrogen-bond acceptors (Lipinski definition) is 6. The first-order valence-corrected chi connectivity index (χ1v) is 8.32. The van der Waals surface area contributed by atoms with Gasteiger partial charge in [0.15, 0.2) is 5.13 Å². The van der Waals surface area contributed by atoms with Crippen molar-refractivity contribution in [2.24, 2.45) is 0 Å². The number of esters is 1. The summed E-state index contributed by atoms with van der Waals surface area (Å²) in [6.07, 6.45) is 3.07. The predicted molar refractivity (Wildman–Crippen MR) is 96.0 cm³/mol. The molecule has 0 unspecified atom stereocenters. The first-order chi connectivity index (χ1) is 12.2. The zero-order valence-electron chi connectivity index (χ0n) is 13.4. The molecule has 0 saturated heterocycles. The number of amides is 1. The minimum Gasteiger partial charge on any atom is -0.469 e. The Morgan fingerprint density at radius 3 is 2.56 bits per heavy atom. The van der Waals surface area contributed by atoms with Crippen LogP contribution in [0.1, 0.15) is 6.42 Å². The number of carbonyl (C=O) groups is 2. The SMILES string of the molecule is COC(=O)CC(=O)Nc1nc(-c2cccnc2)c(-c2ccccc2)s1. The van der Waals surface area contributed by atoms with Crippen molar-refractivity contribution in [3.05, 3.63) is 54.9 Å². The highest BCUT2D eigenvalue weighted by atomic mass is 32.1. The molecule has 126 valence electrons. The van der Waals surface area contributed by atoms with E-state index in [0.717, 1.165) is 21.7 Å². The number of carbonyl (C=O) groups excluding carboxylic acids is 2. The van der Waals surface area contributed by atoms with E-state index < -0.39 is 11.9 Å². The summed E-state index contributed by atoms with van der Waals surface area (Å²) in [5, 5.41) is 3.08. The van der Waals surface area contributed by atoms with Crippen molar-refractivity contribution in [2.45, 2.75) is 6.42 Å². The maximum Gasteiger partial charge on any atom is 0.315 e. The third-order valence-electron chi connectivity index (χ3n) is 3.38. The van der Waals surface area contributed by atoms with Crippen LogP contribution in [0.2, 0.25) is 0 Å². The van der Waals surface area contributed by atoms with E-state index >= 15 is 0 Å². The Kier molecular flexibility index (Phi) is 5.15. The van der Waals surface area contributed by atoms with Crippen molar-refractivity contribution in [2.75, 3.05) is 12.4 Å². The summed E-state index contributed by atoms with van der Waals surface area (Å²) in [4.78, 5) is 32.7. The molecule has 1 aromatic carbocycles. The Hall–Kier alpha value is -3.06. The largest absolute Gasteiger partial charge is 0.469 e. The second-order valence-corrected chi connectivity index (χ2v) is 6.10. The Balaban J connectivity index is 1.95. The van der Waals surface area contributed by atoms with Crippen molar-refractivity contribution in [1.29, 1.82) is 0 Å². The fourth-order valence-corrected chi connectivity index (χ4v) is 3.23. The number of methoxy groups -OCH3 is 1. The third kappa shape index (κ3) is 4.07. The van der Waals surface area contributed by atoms with Crippen molar-refractivity contribution in [1.82, 2.24) is 9.97 Å². The second-order valence-electron chi connectivity index (χ2n) is 5.11. The second kappa shape index (κ2) is 7.67. The van der Waals surface area contributed by atoms with E-state index in [0.29, 0.717) is 5.13 Å². The van der Waals surface area contributed by atoms with E-state index in [1.807, 2.05) is 42.5 Å². The highest BCUT2D eigenvalue weighted by Crippen LogP contribution is 2.38. The molecule has 0 aliphatic heterocycles. The molecule has 0 aliphatic rings. The molecular weight excluding hydrogens is 338 g/mol. The van der Waals surface area contributed by atoms with E-state index in [1.165, 1.54) is 18.4 Å². The molecule has 2 heterocycles. The zero-order chi connectivity index (χ0) is 17.6. The average molecular weight is 353 g/mol. The van der Waals surface area contributed by atoms with Crippen LogP contribution in [0.4, 0.5) is 5.13 Å². The molecule has 0 saturated carbocycles. The van der Waals surface area contributed by atoms with Gasteiger partial charge in [0.1, 0.15) is 6.42 Å². The van der Waals surface area contributed by atoms with Crippen LogP contribution in [0.5, 0.6) is 0 Å². The molecule has 0 spiro atoms. The lowest BCUT2D eigenvalue weighted by Crippen LogP contribution is -2.17. The maximum atomic E-state index is 11.9. The standard InChI is InChI=1S/C18H15N3O3S/c1-24-15(23)10-14(22)20-18-21-16(13-8-5-9-19-11-13)17(25-18)12-6-3-2-4-7-12/h2-9,11H,10H2,1H3,(H,20,21,22). The number of anilines is 1. The van der Waals surface area contributed by atoms with E-state index in [9.17, 15) is 9.59 Å². The maximum absolute atomic E-state index is 11.9. The first kappa shape index (κ1) is 16.8. The number of nitrogens with one attached hydrogen (secondary N) is 1. The number of rotatable bonds is 5. The summed E-state index contributed by atoms with van der Waals surface area (Å²) in [5.74, 6) is -1.05. The van der Waals surface area contributed by atoms with Crippen LogP contribution in [0.15, 0.2) is 54.9 Å². The summed E-state index contributed by atoms with van der Waals surface area (Å²) in [6.45, 7) is 0. The summed E-state index contributed by atoms with van der Waals surface area (Å²) in [6, 6.07) is 13.5. The van der Waals surface area contributed by atoms with Crippen molar-refractivity contribution in [3.8, 4) is 21.7 Å². The van der Waals surface area contributed by atoms with Crippen molar-refractivity contribution < 1.29 is 14.3 Å². The average Bonchev–Trinajstić information content (AvgIpc) is 3.06. The molecule has 1 N–H and O–H groups in total. The molecule has 0 bridgehead atoms. The van der Waals surface area contributed by atoms with Gasteiger partial charge in [0.05, 0.1) is 17.7 Å². The van der Waals surface area contributed by atoms with E-state index in [2.05, 4.69) is 20.0 Å². The van der Waals surface area contributed by atoms with Gasteiger partial charge in [0.25, 0.3) is 0 Å². The molecule has 0 radical (unpaired) electrons. The molecule has 2 aromatic heterocycles. The van der Waals surface area contributed by atoms with Crippen molar-refractivity contribution >= 4 is 28.3 Å². The van der Waals surface area contributed by atoms with Gasteiger partial charge in [0.2, 0.25) is 5.91 Å². The molecule has 0 fully saturated rings. The smallest absolute Gasteiger partial charge is 0.315 e. The Morgan fingerprint density at radius 2 is 1.88 bits per heavy atom. The van der Waals surface area contributed by atoms with Gasteiger partial charge in [-0.3, -0.25) is 14.6 Å². The molecule has 7 heteroatoms. The number of thiazole rings is 1. The van der Waals surface area contributed by atoms with E-state index in [-0.39, 0.29) is 6.42 Å². The summed E-state index contributed by atoms with van der Waals surface area (Å²) in [7, 11) is 1.24. The van der Waals surface area contributed by atoms with Crippen LogP contribution in [0.3, 0.4) is 0 Å². The number of nitrogens with zero attached hydrogens (tertiary/aromatic N) is 2. The topological polar surface area (TPSA) is 81.2 Å².